The van der Waals surface area contributed by atoms with Crippen molar-refractivity contribution in [2.24, 2.45) is 0 Å². The highest BCUT2D eigenvalue weighted by molar-refractivity contribution is 5.90. The van der Waals surface area contributed by atoms with Gasteiger partial charge < -0.3 is 20.5 Å². The van der Waals surface area contributed by atoms with Gasteiger partial charge in [-0.15, -0.1) is 0 Å². The van der Waals surface area contributed by atoms with E-state index in [9.17, 15) is 9.59 Å². The summed E-state index contributed by atoms with van der Waals surface area (Å²) in [6.45, 7) is 0. The zero-order valence-electron chi connectivity index (χ0n) is 14.3. The number of hydrogen-bond donors (Lipinski definition) is 3. The first-order valence-electron chi connectivity index (χ1n) is 7.94. The monoisotopic (exact) mass is 364 g/mol. The number of carboxylic acids is 1. The molecule has 0 bridgehead atoms. The van der Waals surface area contributed by atoms with Gasteiger partial charge in [-0.1, -0.05) is 12.1 Å². The number of carbonyl (C=O) groups is 2. The van der Waals surface area contributed by atoms with Crippen molar-refractivity contribution in [3.8, 4) is 0 Å². The van der Waals surface area contributed by atoms with Crippen LogP contribution in [0, 0.1) is 0 Å². The first kappa shape index (κ1) is 17.9. The van der Waals surface area contributed by atoms with Crippen LogP contribution in [-0.2, 0) is 4.74 Å². The molecule has 136 valence electrons. The maximum absolute atomic E-state index is 11.6. The molecule has 8 nitrogen and oxygen atoms in total. The number of carboxylic acid groups (broad SMARTS) is 1. The summed E-state index contributed by atoms with van der Waals surface area (Å²) in [5.41, 5.74) is 1.80. The standard InChI is InChI=1S/C19H16N4O4/c1-27-18(26)13-5-3-7-15(11-13)22-19-20-9-8-16(23-19)21-14-6-2-4-12(10-14)17(24)25/h2-11H,1H3,(H,24,25)(H2,20,21,22,23). The van der Waals surface area contributed by atoms with Gasteiger partial charge >= 0.3 is 11.9 Å². The lowest BCUT2D eigenvalue weighted by Crippen LogP contribution is -2.04. The molecule has 1 aromatic heterocycles. The van der Waals surface area contributed by atoms with Crippen molar-refractivity contribution in [1.29, 1.82) is 0 Å². The molecule has 8 heteroatoms. The summed E-state index contributed by atoms with van der Waals surface area (Å²) in [5, 5.41) is 15.1. The van der Waals surface area contributed by atoms with Crippen LogP contribution < -0.4 is 10.6 Å². The largest absolute Gasteiger partial charge is 0.478 e. The van der Waals surface area contributed by atoms with E-state index >= 15 is 0 Å². The molecule has 0 aliphatic heterocycles. The summed E-state index contributed by atoms with van der Waals surface area (Å²) < 4.78 is 4.70. The van der Waals surface area contributed by atoms with Crippen molar-refractivity contribution in [2.45, 2.75) is 0 Å². The summed E-state index contributed by atoms with van der Waals surface area (Å²) in [6.07, 6.45) is 1.56. The minimum Gasteiger partial charge on any atom is -0.478 e. The molecule has 0 aliphatic carbocycles. The number of aromatic nitrogens is 2. The van der Waals surface area contributed by atoms with E-state index in [4.69, 9.17) is 9.84 Å². The lowest BCUT2D eigenvalue weighted by molar-refractivity contribution is 0.0600. The van der Waals surface area contributed by atoms with Crippen molar-refractivity contribution in [3.63, 3.8) is 0 Å². The van der Waals surface area contributed by atoms with Crippen LogP contribution >= 0.6 is 0 Å². The van der Waals surface area contributed by atoms with Crippen LogP contribution in [0.4, 0.5) is 23.1 Å². The van der Waals surface area contributed by atoms with Crippen LogP contribution in [0.2, 0.25) is 0 Å². The molecule has 3 rings (SSSR count). The maximum atomic E-state index is 11.6. The second-order valence-corrected chi connectivity index (χ2v) is 5.47. The van der Waals surface area contributed by atoms with Crippen molar-refractivity contribution in [2.75, 3.05) is 17.7 Å². The lowest BCUT2D eigenvalue weighted by Gasteiger charge is -2.09. The molecule has 0 saturated carbocycles. The van der Waals surface area contributed by atoms with E-state index in [1.165, 1.54) is 19.2 Å². The van der Waals surface area contributed by atoms with Crippen LogP contribution in [0.5, 0.6) is 0 Å². The fourth-order valence-corrected chi connectivity index (χ4v) is 2.34. The summed E-state index contributed by atoms with van der Waals surface area (Å²) in [5.74, 6) is -0.641. The SMILES string of the molecule is COC(=O)c1cccc(Nc2nccc(Nc3cccc(C(=O)O)c3)n2)c1. The third-order valence-electron chi connectivity index (χ3n) is 3.58. The molecule has 27 heavy (non-hydrogen) atoms. The van der Waals surface area contributed by atoms with Crippen LogP contribution in [0.25, 0.3) is 0 Å². The Morgan fingerprint density at radius 1 is 0.963 bits per heavy atom. The Hall–Kier alpha value is -3.94. The van der Waals surface area contributed by atoms with E-state index in [0.717, 1.165) is 0 Å². The Kier molecular flexibility index (Phi) is 5.27. The molecule has 0 spiro atoms. The fraction of sp³-hybridized carbons (Fsp3) is 0.0526. The highest BCUT2D eigenvalue weighted by Crippen LogP contribution is 2.19. The average molecular weight is 364 g/mol. The van der Waals surface area contributed by atoms with Gasteiger partial charge in [0.2, 0.25) is 5.95 Å². The molecule has 0 fully saturated rings. The Morgan fingerprint density at radius 3 is 2.33 bits per heavy atom. The van der Waals surface area contributed by atoms with Crippen molar-refractivity contribution < 1.29 is 19.4 Å². The number of methoxy groups -OCH3 is 1. The maximum Gasteiger partial charge on any atom is 0.337 e. The number of ether oxygens (including phenoxy) is 1. The fourth-order valence-electron chi connectivity index (χ4n) is 2.34. The topological polar surface area (TPSA) is 113 Å². The molecule has 3 aromatic rings. The normalized spacial score (nSPS) is 10.1. The van der Waals surface area contributed by atoms with Crippen LogP contribution in [0.15, 0.2) is 60.8 Å². The van der Waals surface area contributed by atoms with Gasteiger partial charge in [0, 0.05) is 17.6 Å². The highest BCUT2D eigenvalue weighted by Gasteiger charge is 2.08. The zero-order chi connectivity index (χ0) is 19.2. The van der Waals surface area contributed by atoms with E-state index in [1.807, 2.05) is 0 Å². The smallest absolute Gasteiger partial charge is 0.337 e. The summed E-state index contributed by atoms with van der Waals surface area (Å²) in [7, 11) is 1.32. The van der Waals surface area contributed by atoms with Gasteiger partial charge in [0.25, 0.3) is 0 Å². The molecule has 0 atom stereocenters. The molecular formula is C19H16N4O4. The van der Waals surface area contributed by atoms with Crippen molar-refractivity contribution in [3.05, 3.63) is 71.9 Å². The molecular weight excluding hydrogens is 348 g/mol. The number of nitrogens with one attached hydrogen (secondary N) is 2. The molecule has 0 radical (unpaired) electrons. The number of rotatable bonds is 6. The zero-order valence-corrected chi connectivity index (χ0v) is 14.3. The number of benzene rings is 2. The van der Waals surface area contributed by atoms with E-state index in [2.05, 4.69) is 20.6 Å². The van der Waals surface area contributed by atoms with Gasteiger partial charge in [-0.05, 0) is 42.5 Å². The number of anilines is 4. The Morgan fingerprint density at radius 2 is 1.63 bits per heavy atom. The minimum atomic E-state index is -1.01. The summed E-state index contributed by atoms with van der Waals surface area (Å²) in [4.78, 5) is 31.2. The lowest BCUT2D eigenvalue weighted by atomic mass is 10.2. The van der Waals surface area contributed by atoms with E-state index in [0.29, 0.717) is 28.7 Å². The first-order valence-corrected chi connectivity index (χ1v) is 7.94. The second kappa shape index (κ2) is 7.96. The second-order valence-electron chi connectivity index (χ2n) is 5.47. The minimum absolute atomic E-state index is 0.173. The number of carbonyl (C=O) groups excluding carboxylic acids is 1. The number of aromatic carboxylic acids is 1. The molecule has 0 amide bonds. The predicted octanol–water partition coefficient (Wildman–Crippen LogP) is 3.45. The number of hydrogen-bond acceptors (Lipinski definition) is 7. The Labute approximate surface area is 154 Å². The third kappa shape index (κ3) is 4.57. The first-order chi connectivity index (χ1) is 13.0. The van der Waals surface area contributed by atoms with Crippen molar-refractivity contribution in [1.82, 2.24) is 9.97 Å². The van der Waals surface area contributed by atoms with E-state index in [-0.39, 0.29) is 5.56 Å². The number of nitrogens with zero attached hydrogens (tertiary/aromatic N) is 2. The van der Waals surface area contributed by atoms with E-state index in [1.54, 1.807) is 48.7 Å². The molecule has 2 aromatic carbocycles. The highest BCUT2D eigenvalue weighted by atomic mass is 16.5. The summed E-state index contributed by atoms with van der Waals surface area (Å²) >= 11 is 0. The quantitative estimate of drug-likeness (QED) is 0.570. The van der Waals surface area contributed by atoms with Gasteiger partial charge in [0.05, 0.1) is 18.2 Å². The number of esters is 1. The van der Waals surface area contributed by atoms with Gasteiger partial charge in [-0.25, -0.2) is 14.6 Å². The predicted molar refractivity (Wildman–Crippen MR) is 99.8 cm³/mol. The van der Waals surface area contributed by atoms with Gasteiger partial charge in [0.15, 0.2) is 0 Å². The molecule has 3 N–H and O–H groups in total. The summed E-state index contributed by atoms with van der Waals surface area (Å²) in [6, 6.07) is 14.8. The van der Waals surface area contributed by atoms with Crippen LogP contribution in [-0.4, -0.2) is 34.1 Å². The molecule has 0 unspecified atom stereocenters. The van der Waals surface area contributed by atoms with Gasteiger partial charge in [-0.3, -0.25) is 0 Å². The Balaban J connectivity index is 1.77. The molecule has 1 heterocycles. The van der Waals surface area contributed by atoms with Crippen molar-refractivity contribution >= 4 is 35.1 Å². The molecule has 0 aliphatic rings. The van der Waals surface area contributed by atoms with Crippen LogP contribution in [0.3, 0.4) is 0 Å². The van der Waals surface area contributed by atoms with E-state index < -0.39 is 11.9 Å². The average Bonchev–Trinajstić information content (AvgIpc) is 2.68. The van der Waals surface area contributed by atoms with Gasteiger partial charge in [0.1, 0.15) is 5.82 Å². The van der Waals surface area contributed by atoms with Crippen LogP contribution in [0.1, 0.15) is 20.7 Å². The Bertz CT molecular complexity index is 991. The van der Waals surface area contributed by atoms with Gasteiger partial charge in [-0.2, -0.15) is 4.98 Å². The molecule has 0 saturated heterocycles. The third-order valence-corrected chi connectivity index (χ3v) is 3.58.